The Balaban J connectivity index is 1.76. The minimum atomic E-state index is -0.771. The zero-order chi connectivity index (χ0) is 15.6. The second-order valence-corrected chi connectivity index (χ2v) is 7.34. The molecule has 0 aliphatic heterocycles. The summed E-state index contributed by atoms with van der Waals surface area (Å²) in [5.74, 6) is -0.657. The number of carboxylic acids is 1. The molecule has 0 unspecified atom stereocenters. The Kier molecular flexibility index (Phi) is 5.04. The Morgan fingerprint density at radius 1 is 1.48 bits per heavy atom. The Labute approximate surface area is 133 Å². The van der Waals surface area contributed by atoms with E-state index in [4.69, 9.17) is 5.11 Å². The van der Waals surface area contributed by atoms with Crippen LogP contribution in [0.25, 0.3) is 0 Å². The second kappa shape index (κ2) is 6.44. The average Bonchev–Trinajstić information content (AvgIpc) is 2.33. The molecule has 5 heteroatoms. The topological polar surface area (TPSA) is 49.3 Å². The summed E-state index contributed by atoms with van der Waals surface area (Å²) in [7, 11) is 0. The van der Waals surface area contributed by atoms with Crippen molar-refractivity contribution in [2.24, 2.45) is 5.41 Å². The Morgan fingerprint density at radius 3 is 2.71 bits per heavy atom. The number of benzene rings is 1. The van der Waals surface area contributed by atoms with E-state index in [0.717, 1.165) is 22.9 Å². The van der Waals surface area contributed by atoms with Gasteiger partial charge in [0.25, 0.3) is 0 Å². The normalized spacial score (nSPS) is 21.9. The molecule has 3 nitrogen and oxygen atoms in total. The van der Waals surface area contributed by atoms with Gasteiger partial charge in [0.2, 0.25) is 0 Å². The van der Waals surface area contributed by atoms with Crippen molar-refractivity contribution >= 4 is 21.9 Å². The van der Waals surface area contributed by atoms with Gasteiger partial charge in [-0.25, -0.2) is 4.39 Å². The summed E-state index contributed by atoms with van der Waals surface area (Å²) in [6.07, 6.45) is 2.41. The molecule has 1 fully saturated rings. The number of rotatable bonds is 6. The molecule has 2 N–H and O–H groups in total. The molecule has 0 saturated heterocycles. The zero-order valence-corrected chi connectivity index (χ0v) is 13.9. The summed E-state index contributed by atoms with van der Waals surface area (Å²) in [4.78, 5) is 11.0. The third-order valence-electron chi connectivity index (χ3n) is 4.30. The molecule has 1 aliphatic rings. The first-order chi connectivity index (χ1) is 9.79. The van der Waals surface area contributed by atoms with Gasteiger partial charge in [0.1, 0.15) is 5.82 Å². The van der Waals surface area contributed by atoms with Gasteiger partial charge >= 0.3 is 5.97 Å². The molecule has 0 amide bonds. The van der Waals surface area contributed by atoms with Crippen molar-refractivity contribution in [2.45, 2.75) is 45.1 Å². The van der Waals surface area contributed by atoms with Crippen molar-refractivity contribution < 1.29 is 14.3 Å². The molecule has 2 rings (SSSR count). The minimum Gasteiger partial charge on any atom is -0.481 e. The fraction of sp³-hybridized carbons (Fsp3) is 0.562. The molecule has 1 aromatic rings. The molecule has 1 aliphatic carbocycles. The third kappa shape index (κ3) is 4.04. The Morgan fingerprint density at radius 2 is 2.14 bits per heavy atom. The second-order valence-electron chi connectivity index (χ2n) is 6.42. The van der Waals surface area contributed by atoms with Gasteiger partial charge in [-0.15, -0.1) is 0 Å². The highest BCUT2D eigenvalue weighted by Gasteiger charge is 2.32. The van der Waals surface area contributed by atoms with Crippen molar-refractivity contribution in [3.63, 3.8) is 0 Å². The van der Waals surface area contributed by atoms with Gasteiger partial charge in [-0.2, -0.15) is 0 Å². The lowest BCUT2D eigenvalue weighted by Gasteiger charge is -2.37. The maximum atomic E-state index is 13.8. The van der Waals surface area contributed by atoms with Gasteiger partial charge < -0.3 is 10.4 Å². The Bertz CT molecular complexity index is 527. The van der Waals surface area contributed by atoms with Crippen LogP contribution in [-0.4, -0.2) is 23.7 Å². The lowest BCUT2D eigenvalue weighted by Crippen LogP contribution is -2.42. The number of nitrogens with one attached hydrogen (secondary N) is 1. The highest BCUT2D eigenvalue weighted by molar-refractivity contribution is 9.10. The first-order valence-electron chi connectivity index (χ1n) is 7.21. The number of aliphatic carboxylic acids is 1. The monoisotopic (exact) mass is 357 g/mol. The number of hydrogen-bond acceptors (Lipinski definition) is 2. The fourth-order valence-corrected chi connectivity index (χ4v) is 2.90. The van der Waals surface area contributed by atoms with E-state index >= 15 is 0 Å². The molecule has 0 spiro atoms. The van der Waals surface area contributed by atoms with E-state index in [2.05, 4.69) is 21.2 Å². The van der Waals surface area contributed by atoms with Crippen LogP contribution in [0.2, 0.25) is 0 Å². The van der Waals surface area contributed by atoms with Crippen molar-refractivity contribution in [2.75, 3.05) is 6.54 Å². The van der Waals surface area contributed by atoms with E-state index in [-0.39, 0.29) is 11.7 Å². The van der Waals surface area contributed by atoms with Crippen LogP contribution in [0, 0.1) is 11.2 Å². The van der Waals surface area contributed by atoms with E-state index in [9.17, 15) is 9.18 Å². The van der Waals surface area contributed by atoms with Gasteiger partial charge in [0, 0.05) is 10.5 Å². The summed E-state index contributed by atoms with van der Waals surface area (Å²) in [6, 6.07) is 5.58. The first kappa shape index (κ1) is 16.4. The molecule has 0 heterocycles. The van der Waals surface area contributed by atoms with Gasteiger partial charge in [-0.1, -0.05) is 22.0 Å². The first-order valence-corrected chi connectivity index (χ1v) is 8.00. The van der Waals surface area contributed by atoms with Gasteiger partial charge in [0.15, 0.2) is 0 Å². The highest BCUT2D eigenvalue weighted by Crippen LogP contribution is 2.38. The van der Waals surface area contributed by atoms with Crippen molar-refractivity contribution in [3.8, 4) is 0 Å². The number of hydrogen-bond donors (Lipinski definition) is 2. The number of carboxylic acid groups (broad SMARTS) is 1. The summed E-state index contributed by atoms with van der Waals surface area (Å²) in [5, 5.41) is 12.4. The molecular weight excluding hydrogens is 337 g/mol. The van der Waals surface area contributed by atoms with Crippen molar-refractivity contribution in [3.05, 3.63) is 34.1 Å². The third-order valence-corrected chi connectivity index (χ3v) is 4.80. The quantitative estimate of drug-likeness (QED) is 0.810. The molecule has 0 atom stereocenters. The van der Waals surface area contributed by atoms with Crippen LogP contribution in [0.3, 0.4) is 0 Å². The minimum absolute atomic E-state index is 0.153. The summed E-state index contributed by atoms with van der Waals surface area (Å²) >= 11 is 3.26. The van der Waals surface area contributed by atoms with Gasteiger partial charge in [-0.05, 0) is 63.3 Å². The van der Waals surface area contributed by atoms with E-state index in [1.54, 1.807) is 13.8 Å². The van der Waals surface area contributed by atoms with Crippen LogP contribution in [0.4, 0.5) is 4.39 Å². The largest absolute Gasteiger partial charge is 0.481 e. The molecule has 0 aromatic heterocycles. The Hall–Kier alpha value is -0.940. The van der Waals surface area contributed by atoms with Crippen LogP contribution < -0.4 is 5.32 Å². The predicted molar refractivity (Wildman–Crippen MR) is 83.9 cm³/mol. The predicted octanol–water partition coefficient (Wildman–Crippen LogP) is 3.92. The van der Waals surface area contributed by atoms with Gasteiger partial charge in [-0.3, -0.25) is 4.79 Å². The molecule has 116 valence electrons. The summed E-state index contributed by atoms with van der Waals surface area (Å²) < 4.78 is 14.6. The average molecular weight is 358 g/mol. The van der Waals surface area contributed by atoms with Crippen LogP contribution in [0.1, 0.15) is 44.6 Å². The van der Waals surface area contributed by atoms with Crippen LogP contribution in [-0.2, 0) is 4.79 Å². The standard InChI is InChI=1S/C16H21BrFNO2/c1-16(2,15(20)21)5-6-19-12-7-10(8-12)13-4-3-11(17)9-14(13)18/h3-4,9-10,12,19H,5-8H2,1-2H3,(H,20,21). The highest BCUT2D eigenvalue weighted by atomic mass is 79.9. The lowest BCUT2D eigenvalue weighted by molar-refractivity contribution is -0.147. The summed E-state index contributed by atoms with van der Waals surface area (Å²) in [6.45, 7) is 4.15. The lowest BCUT2D eigenvalue weighted by atomic mass is 9.75. The fourth-order valence-electron chi connectivity index (χ4n) is 2.57. The number of halogens is 2. The summed E-state index contributed by atoms with van der Waals surface area (Å²) in [5.41, 5.74) is 0.0793. The molecule has 21 heavy (non-hydrogen) atoms. The molecular formula is C16H21BrFNO2. The maximum Gasteiger partial charge on any atom is 0.309 e. The SMILES string of the molecule is CC(C)(CCNC1CC(c2ccc(Br)cc2F)C1)C(=O)O. The van der Waals surface area contributed by atoms with E-state index < -0.39 is 11.4 Å². The van der Waals surface area contributed by atoms with Gasteiger partial charge in [0.05, 0.1) is 5.41 Å². The van der Waals surface area contributed by atoms with E-state index in [1.165, 1.54) is 6.07 Å². The number of carbonyl (C=O) groups is 1. The van der Waals surface area contributed by atoms with Crippen LogP contribution >= 0.6 is 15.9 Å². The maximum absolute atomic E-state index is 13.8. The van der Waals surface area contributed by atoms with E-state index in [0.29, 0.717) is 19.0 Å². The van der Waals surface area contributed by atoms with Crippen LogP contribution in [0.15, 0.2) is 22.7 Å². The van der Waals surface area contributed by atoms with Crippen molar-refractivity contribution in [1.82, 2.24) is 5.32 Å². The smallest absolute Gasteiger partial charge is 0.309 e. The molecule has 1 saturated carbocycles. The molecule has 1 aromatic carbocycles. The van der Waals surface area contributed by atoms with Crippen LogP contribution in [0.5, 0.6) is 0 Å². The van der Waals surface area contributed by atoms with E-state index in [1.807, 2.05) is 12.1 Å². The van der Waals surface area contributed by atoms with Crippen molar-refractivity contribution in [1.29, 1.82) is 0 Å². The molecule has 0 bridgehead atoms. The zero-order valence-electron chi connectivity index (χ0n) is 12.3. The molecule has 0 radical (unpaired) electrons.